The summed E-state index contributed by atoms with van der Waals surface area (Å²) in [5.74, 6) is 3.38. The van der Waals surface area contributed by atoms with Crippen LogP contribution in [-0.4, -0.2) is 52.2 Å². The van der Waals surface area contributed by atoms with Gasteiger partial charge in [0.2, 0.25) is 0 Å². The van der Waals surface area contributed by atoms with Crippen LogP contribution < -0.4 is 9.47 Å². The summed E-state index contributed by atoms with van der Waals surface area (Å²) in [5, 5.41) is 9.81. The third-order valence-electron chi connectivity index (χ3n) is 5.31. The smallest absolute Gasteiger partial charge is 0.196 e. The molecule has 1 aromatic heterocycles. The Morgan fingerprint density at radius 1 is 0.967 bits per heavy atom. The van der Waals surface area contributed by atoms with Gasteiger partial charge in [-0.1, -0.05) is 42.1 Å². The van der Waals surface area contributed by atoms with Gasteiger partial charge in [-0.25, -0.2) is 0 Å². The van der Waals surface area contributed by atoms with Crippen LogP contribution in [-0.2, 0) is 6.61 Å². The molecule has 0 spiro atoms. The van der Waals surface area contributed by atoms with Crippen molar-refractivity contribution in [1.82, 2.24) is 19.7 Å². The number of hydrogen-bond acceptors (Lipinski definition) is 6. The number of methoxy groups -OCH3 is 1. The predicted molar refractivity (Wildman–Crippen MR) is 120 cm³/mol. The van der Waals surface area contributed by atoms with E-state index in [1.165, 1.54) is 25.9 Å². The summed E-state index contributed by atoms with van der Waals surface area (Å²) in [4.78, 5) is 2.51. The lowest BCUT2D eigenvalue weighted by Crippen LogP contribution is -2.22. The Hall–Kier alpha value is -2.51. The fourth-order valence-corrected chi connectivity index (χ4v) is 4.64. The van der Waals surface area contributed by atoms with Crippen LogP contribution in [0.3, 0.4) is 0 Å². The van der Waals surface area contributed by atoms with Gasteiger partial charge in [0.15, 0.2) is 11.0 Å². The van der Waals surface area contributed by atoms with Crippen molar-refractivity contribution in [2.24, 2.45) is 0 Å². The minimum atomic E-state index is 0.336. The highest BCUT2D eigenvalue weighted by Crippen LogP contribution is 2.29. The Kier molecular flexibility index (Phi) is 6.92. The summed E-state index contributed by atoms with van der Waals surface area (Å²) < 4.78 is 13.7. The quantitative estimate of drug-likeness (QED) is 0.476. The second kappa shape index (κ2) is 10.00. The molecule has 1 aliphatic rings. The average Bonchev–Trinajstić information content (AvgIpc) is 3.43. The van der Waals surface area contributed by atoms with Crippen molar-refractivity contribution in [3.63, 3.8) is 0 Å². The standard InChI is InChI=1S/C23H28N4O2S/c1-18-9-3-5-11-20(18)29-17-22-24-25-23(30-16-15-26-13-7-8-14-26)27(22)19-10-4-6-12-21(19)28-2/h3-6,9-12H,7-8,13-17H2,1-2H3. The Morgan fingerprint density at radius 3 is 2.47 bits per heavy atom. The van der Waals surface area contributed by atoms with Gasteiger partial charge in [-0.05, 0) is 56.6 Å². The molecule has 3 aromatic rings. The van der Waals surface area contributed by atoms with Crippen molar-refractivity contribution >= 4 is 11.8 Å². The summed E-state index contributed by atoms with van der Waals surface area (Å²) in [6, 6.07) is 16.0. The van der Waals surface area contributed by atoms with Crippen molar-refractivity contribution in [3.05, 3.63) is 59.9 Å². The highest BCUT2D eigenvalue weighted by atomic mass is 32.2. The first-order valence-electron chi connectivity index (χ1n) is 10.4. The van der Waals surface area contributed by atoms with Gasteiger partial charge < -0.3 is 14.4 Å². The van der Waals surface area contributed by atoms with E-state index in [4.69, 9.17) is 9.47 Å². The Bertz CT molecular complexity index is 969. The molecular weight excluding hydrogens is 396 g/mol. The molecule has 158 valence electrons. The maximum absolute atomic E-state index is 6.08. The third kappa shape index (κ3) is 4.79. The highest BCUT2D eigenvalue weighted by molar-refractivity contribution is 7.99. The van der Waals surface area contributed by atoms with Crippen molar-refractivity contribution in [1.29, 1.82) is 0 Å². The van der Waals surface area contributed by atoms with E-state index < -0.39 is 0 Å². The van der Waals surface area contributed by atoms with Crippen molar-refractivity contribution in [2.75, 3.05) is 32.5 Å². The van der Waals surface area contributed by atoms with Crippen LogP contribution >= 0.6 is 11.8 Å². The van der Waals surface area contributed by atoms with Crippen LogP contribution in [0, 0.1) is 6.92 Å². The zero-order valence-electron chi connectivity index (χ0n) is 17.6. The molecule has 0 bridgehead atoms. The molecule has 0 saturated carbocycles. The Morgan fingerprint density at radius 2 is 1.70 bits per heavy atom. The lowest BCUT2D eigenvalue weighted by molar-refractivity contribution is 0.290. The molecule has 6 nitrogen and oxygen atoms in total. The van der Waals surface area contributed by atoms with E-state index >= 15 is 0 Å². The molecule has 30 heavy (non-hydrogen) atoms. The topological polar surface area (TPSA) is 52.4 Å². The van der Waals surface area contributed by atoms with Crippen LogP contribution in [0.1, 0.15) is 24.2 Å². The molecule has 4 rings (SSSR count). The number of thioether (sulfide) groups is 1. The number of hydrogen-bond donors (Lipinski definition) is 0. The zero-order chi connectivity index (χ0) is 20.8. The molecule has 0 atom stereocenters. The lowest BCUT2D eigenvalue weighted by Gasteiger charge is -2.16. The van der Waals surface area contributed by atoms with Gasteiger partial charge in [-0.3, -0.25) is 4.57 Å². The number of aryl methyl sites for hydroxylation is 1. The molecule has 0 radical (unpaired) electrons. The van der Waals surface area contributed by atoms with Gasteiger partial charge >= 0.3 is 0 Å². The van der Waals surface area contributed by atoms with Gasteiger partial charge in [-0.15, -0.1) is 10.2 Å². The molecule has 0 amide bonds. The molecule has 1 saturated heterocycles. The largest absolute Gasteiger partial charge is 0.495 e. The summed E-state index contributed by atoms with van der Waals surface area (Å²) in [6.07, 6.45) is 2.62. The van der Waals surface area contributed by atoms with E-state index in [9.17, 15) is 0 Å². The SMILES string of the molecule is COc1ccccc1-n1c(COc2ccccc2C)nnc1SCCN1CCCC1. The second-order valence-corrected chi connectivity index (χ2v) is 8.42. The normalized spacial score (nSPS) is 14.2. The minimum Gasteiger partial charge on any atom is -0.495 e. The van der Waals surface area contributed by atoms with Crippen LogP contribution in [0.4, 0.5) is 0 Å². The van der Waals surface area contributed by atoms with E-state index in [-0.39, 0.29) is 0 Å². The van der Waals surface area contributed by atoms with E-state index in [2.05, 4.69) is 19.7 Å². The van der Waals surface area contributed by atoms with Crippen LogP contribution in [0.2, 0.25) is 0 Å². The zero-order valence-corrected chi connectivity index (χ0v) is 18.4. The van der Waals surface area contributed by atoms with Crippen molar-refractivity contribution in [3.8, 4) is 17.2 Å². The molecule has 7 heteroatoms. The molecule has 0 aliphatic carbocycles. The average molecular weight is 425 g/mol. The lowest BCUT2D eigenvalue weighted by atomic mass is 10.2. The fourth-order valence-electron chi connectivity index (χ4n) is 3.68. The van der Waals surface area contributed by atoms with Crippen molar-refractivity contribution < 1.29 is 9.47 Å². The highest BCUT2D eigenvalue weighted by Gasteiger charge is 2.19. The first-order chi connectivity index (χ1) is 14.8. The number of benzene rings is 2. The fraction of sp³-hybridized carbons (Fsp3) is 0.391. The molecule has 2 aromatic carbocycles. The molecule has 1 fully saturated rings. The molecular formula is C23H28N4O2S. The van der Waals surface area contributed by atoms with E-state index in [0.717, 1.165) is 46.0 Å². The van der Waals surface area contributed by atoms with E-state index in [1.807, 2.05) is 55.5 Å². The van der Waals surface area contributed by atoms with Gasteiger partial charge in [0.1, 0.15) is 18.1 Å². The first-order valence-corrected chi connectivity index (χ1v) is 11.4. The number of rotatable bonds is 9. The number of para-hydroxylation sites is 3. The maximum atomic E-state index is 6.08. The monoisotopic (exact) mass is 424 g/mol. The molecule has 1 aliphatic heterocycles. The van der Waals surface area contributed by atoms with Gasteiger partial charge in [0, 0.05) is 12.3 Å². The van der Waals surface area contributed by atoms with Gasteiger partial charge in [0.05, 0.1) is 12.8 Å². The van der Waals surface area contributed by atoms with Gasteiger partial charge in [-0.2, -0.15) is 0 Å². The predicted octanol–water partition coefficient (Wildman–Crippen LogP) is 4.35. The number of likely N-dealkylation sites (tertiary alicyclic amines) is 1. The van der Waals surface area contributed by atoms with Crippen LogP contribution in [0.5, 0.6) is 11.5 Å². The number of nitrogens with zero attached hydrogens (tertiary/aromatic N) is 4. The van der Waals surface area contributed by atoms with Crippen LogP contribution in [0.25, 0.3) is 5.69 Å². The molecule has 0 N–H and O–H groups in total. The van der Waals surface area contributed by atoms with E-state index in [0.29, 0.717) is 6.61 Å². The minimum absolute atomic E-state index is 0.336. The van der Waals surface area contributed by atoms with Crippen LogP contribution in [0.15, 0.2) is 53.7 Å². The third-order valence-corrected chi connectivity index (χ3v) is 6.22. The van der Waals surface area contributed by atoms with Crippen molar-refractivity contribution in [2.45, 2.75) is 31.5 Å². The summed E-state index contributed by atoms with van der Waals surface area (Å²) in [7, 11) is 1.69. The Balaban J connectivity index is 1.57. The summed E-state index contributed by atoms with van der Waals surface area (Å²) in [5.41, 5.74) is 2.03. The second-order valence-electron chi connectivity index (χ2n) is 7.36. The van der Waals surface area contributed by atoms with Gasteiger partial charge in [0.25, 0.3) is 0 Å². The molecule has 2 heterocycles. The first kappa shape index (κ1) is 20.8. The van der Waals surface area contributed by atoms with E-state index in [1.54, 1.807) is 18.9 Å². The maximum Gasteiger partial charge on any atom is 0.196 e. The summed E-state index contributed by atoms with van der Waals surface area (Å²) >= 11 is 1.73. The molecule has 0 unspecified atom stereocenters. The Labute approximate surface area is 182 Å². The number of ether oxygens (including phenoxy) is 2. The number of aromatic nitrogens is 3. The summed E-state index contributed by atoms with van der Waals surface area (Å²) in [6.45, 7) is 5.85.